The Labute approximate surface area is 99.9 Å². The fraction of sp³-hybridized carbons (Fsp3) is 0.364. The quantitative estimate of drug-likeness (QED) is 0.874. The molecule has 0 aliphatic heterocycles. The summed E-state index contributed by atoms with van der Waals surface area (Å²) >= 11 is 5.88. The SMILES string of the molecule is COc1ccc(Cl)cc1N(C)C(=O)CCN. The van der Waals surface area contributed by atoms with Gasteiger partial charge in [0.25, 0.3) is 0 Å². The van der Waals surface area contributed by atoms with Gasteiger partial charge in [0.15, 0.2) is 0 Å². The first-order valence-electron chi connectivity index (χ1n) is 4.90. The smallest absolute Gasteiger partial charge is 0.228 e. The second-order valence-electron chi connectivity index (χ2n) is 3.31. The first-order chi connectivity index (χ1) is 7.60. The molecule has 1 aromatic rings. The van der Waals surface area contributed by atoms with Gasteiger partial charge in [-0.1, -0.05) is 11.6 Å². The normalized spacial score (nSPS) is 10.0. The lowest BCUT2D eigenvalue weighted by molar-refractivity contribution is -0.118. The van der Waals surface area contributed by atoms with Crippen molar-refractivity contribution in [2.45, 2.75) is 6.42 Å². The van der Waals surface area contributed by atoms with E-state index in [1.165, 1.54) is 4.90 Å². The van der Waals surface area contributed by atoms with Crippen LogP contribution in [-0.4, -0.2) is 26.6 Å². The fourth-order valence-electron chi connectivity index (χ4n) is 1.35. The van der Waals surface area contributed by atoms with Crippen molar-refractivity contribution in [3.63, 3.8) is 0 Å². The molecule has 5 heteroatoms. The maximum absolute atomic E-state index is 11.7. The van der Waals surface area contributed by atoms with Gasteiger partial charge in [0.1, 0.15) is 5.75 Å². The van der Waals surface area contributed by atoms with Crippen LogP contribution >= 0.6 is 11.6 Å². The third kappa shape index (κ3) is 2.87. The molecular formula is C11H15ClN2O2. The summed E-state index contributed by atoms with van der Waals surface area (Å²) in [6.07, 6.45) is 0.298. The zero-order valence-corrected chi connectivity index (χ0v) is 10.1. The number of ether oxygens (including phenoxy) is 1. The van der Waals surface area contributed by atoms with Crippen molar-refractivity contribution in [1.82, 2.24) is 0 Å². The summed E-state index contributed by atoms with van der Waals surface area (Å²) in [4.78, 5) is 13.2. The maximum Gasteiger partial charge on any atom is 0.228 e. The van der Waals surface area contributed by atoms with Gasteiger partial charge in [0.2, 0.25) is 5.91 Å². The van der Waals surface area contributed by atoms with Crippen LogP contribution in [-0.2, 0) is 4.79 Å². The molecule has 1 aromatic carbocycles. The Bertz CT molecular complexity index is 382. The molecule has 1 rings (SSSR count). The Hall–Kier alpha value is -1.26. The van der Waals surface area contributed by atoms with Crippen LogP contribution in [0, 0.1) is 0 Å². The first-order valence-corrected chi connectivity index (χ1v) is 5.28. The molecule has 1 amide bonds. The van der Waals surface area contributed by atoms with E-state index in [1.54, 1.807) is 32.4 Å². The molecule has 88 valence electrons. The largest absolute Gasteiger partial charge is 0.495 e. The molecule has 0 spiro atoms. The van der Waals surface area contributed by atoms with Crippen molar-refractivity contribution in [3.8, 4) is 5.75 Å². The van der Waals surface area contributed by atoms with Crippen molar-refractivity contribution in [1.29, 1.82) is 0 Å². The summed E-state index contributed by atoms with van der Waals surface area (Å²) in [5, 5.41) is 0.559. The second-order valence-corrected chi connectivity index (χ2v) is 3.74. The summed E-state index contributed by atoms with van der Waals surface area (Å²) in [7, 11) is 3.22. The minimum atomic E-state index is -0.0666. The summed E-state index contributed by atoms with van der Waals surface area (Å²) in [5.74, 6) is 0.542. The third-order valence-electron chi connectivity index (χ3n) is 2.23. The molecule has 0 heterocycles. The van der Waals surface area contributed by atoms with Crippen LogP contribution in [0.25, 0.3) is 0 Å². The van der Waals surface area contributed by atoms with Crippen LogP contribution in [0.5, 0.6) is 5.75 Å². The molecule has 0 unspecified atom stereocenters. The number of hydrogen-bond donors (Lipinski definition) is 1. The lowest BCUT2D eigenvalue weighted by Gasteiger charge is -2.19. The number of carbonyl (C=O) groups excluding carboxylic acids is 1. The average molecular weight is 243 g/mol. The van der Waals surface area contributed by atoms with Crippen molar-refractivity contribution < 1.29 is 9.53 Å². The lowest BCUT2D eigenvalue weighted by Crippen LogP contribution is -2.28. The Kier molecular flexibility index (Phi) is 4.58. The molecule has 4 nitrogen and oxygen atoms in total. The Morgan fingerprint density at radius 1 is 1.56 bits per heavy atom. The van der Waals surface area contributed by atoms with Crippen molar-refractivity contribution >= 4 is 23.2 Å². The molecule has 0 saturated carbocycles. The number of nitrogens with zero attached hydrogens (tertiary/aromatic N) is 1. The third-order valence-corrected chi connectivity index (χ3v) is 2.47. The van der Waals surface area contributed by atoms with Crippen LogP contribution < -0.4 is 15.4 Å². The van der Waals surface area contributed by atoms with Crippen molar-refractivity contribution in [2.75, 3.05) is 25.6 Å². The minimum absolute atomic E-state index is 0.0666. The van der Waals surface area contributed by atoms with Crippen molar-refractivity contribution in [2.24, 2.45) is 5.73 Å². The number of nitrogens with two attached hydrogens (primary N) is 1. The van der Waals surface area contributed by atoms with E-state index in [2.05, 4.69) is 0 Å². The molecule has 0 atom stereocenters. The van der Waals surface area contributed by atoms with Gasteiger partial charge in [-0.15, -0.1) is 0 Å². The standard InChI is InChI=1S/C11H15ClN2O2/c1-14(11(15)5-6-13)9-7-8(12)3-4-10(9)16-2/h3-4,7H,5-6,13H2,1-2H3. The van der Waals surface area contributed by atoms with E-state index in [0.717, 1.165) is 0 Å². The molecule has 0 bridgehead atoms. The van der Waals surface area contributed by atoms with Gasteiger partial charge >= 0.3 is 0 Å². The van der Waals surface area contributed by atoms with Crippen LogP contribution in [0.4, 0.5) is 5.69 Å². The molecule has 0 aliphatic carbocycles. The van der Waals surface area contributed by atoms with E-state index in [9.17, 15) is 4.79 Å². The van der Waals surface area contributed by atoms with E-state index >= 15 is 0 Å². The van der Waals surface area contributed by atoms with Gasteiger partial charge in [0, 0.05) is 25.0 Å². The molecule has 0 saturated heterocycles. The van der Waals surface area contributed by atoms with E-state index in [1.807, 2.05) is 0 Å². The highest BCUT2D eigenvalue weighted by molar-refractivity contribution is 6.31. The fourth-order valence-corrected chi connectivity index (χ4v) is 1.52. The highest BCUT2D eigenvalue weighted by Gasteiger charge is 2.14. The van der Waals surface area contributed by atoms with Gasteiger partial charge in [-0.05, 0) is 18.2 Å². The first kappa shape index (κ1) is 12.8. The molecular weight excluding hydrogens is 228 g/mol. The highest BCUT2D eigenvalue weighted by atomic mass is 35.5. The zero-order chi connectivity index (χ0) is 12.1. The number of anilines is 1. The highest BCUT2D eigenvalue weighted by Crippen LogP contribution is 2.30. The van der Waals surface area contributed by atoms with E-state index in [0.29, 0.717) is 29.4 Å². The molecule has 2 N–H and O–H groups in total. The number of benzene rings is 1. The van der Waals surface area contributed by atoms with Gasteiger partial charge in [0.05, 0.1) is 12.8 Å². The van der Waals surface area contributed by atoms with Crippen LogP contribution in [0.3, 0.4) is 0 Å². The second kappa shape index (κ2) is 5.72. The molecule has 16 heavy (non-hydrogen) atoms. The summed E-state index contributed by atoms with van der Waals surface area (Å²) in [6.45, 7) is 0.325. The number of methoxy groups -OCH3 is 1. The molecule has 0 aliphatic rings. The number of halogens is 1. The average Bonchev–Trinajstić information content (AvgIpc) is 2.28. The van der Waals surface area contributed by atoms with Crippen LogP contribution in [0.1, 0.15) is 6.42 Å². The summed E-state index contributed by atoms with van der Waals surface area (Å²) in [5.41, 5.74) is 5.99. The number of amides is 1. The Morgan fingerprint density at radius 3 is 2.81 bits per heavy atom. The van der Waals surface area contributed by atoms with Gasteiger partial charge in [-0.2, -0.15) is 0 Å². The Balaban J connectivity index is 3.01. The zero-order valence-electron chi connectivity index (χ0n) is 9.37. The van der Waals surface area contributed by atoms with Crippen LogP contribution in [0.15, 0.2) is 18.2 Å². The topological polar surface area (TPSA) is 55.6 Å². The molecule has 0 fully saturated rings. The summed E-state index contributed by atoms with van der Waals surface area (Å²) < 4.78 is 5.17. The predicted octanol–water partition coefficient (Wildman–Crippen LogP) is 1.66. The molecule has 0 radical (unpaired) electrons. The summed E-state index contributed by atoms with van der Waals surface area (Å²) in [6, 6.07) is 5.13. The van der Waals surface area contributed by atoms with E-state index < -0.39 is 0 Å². The number of rotatable bonds is 4. The van der Waals surface area contributed by atoms with Gasteiger partial charge in [-0.3, -0.25) is 4.79 Å². The van der Waals surface area contributed by atoms with Gasteiger partial charge < -0.3 is 15.4 Å². The minimum Gasteiger partial charge on any atom is -0.495 e. The number of hydrogen-bond acceptors (Lipinski definition) is 3. The number of carbonyl (C=O) groups is 1. The van der Waals surface area contributed by atoms with Gasteiger partial charge in [-0.25, -0.2) is 0 Å². The van der Waals surface area contributed by atoms with E-state index in [4.69, 9.17) is 22.1 Å². The van der Waals surface area contributed by atoms with Crippen molar-refractivity contribution in [3.05, 3.63) is 23.2 Å². The lowest BCUT2D eigenvalue weighted by atomic mass is 10.2. The maximum atomic E-state index is 11.7. The van der Waals surface area contributed by atoms with E-state index in [-0.39, 0.29) is 5.91 Å². The monoisotopic (exact) mass is 242 g/mol. The van der Waals surface area contributed by atoms with Crippen LogP contribution in [0.2, 0.25) is 5.02 Å². The molecule has 0 aromatic heterocycles. The Morgan fingerprint density at radius 2 is 2.25 bits per heavy atom. The predicted molar refractivity (Wildman–Crippen MR) is 65.1 cm³/mol.